The molecule has 1 aliphatic carbocycles. The van der Waals surface area contributed by atoms with E-state index in [1.165, 1.54) is 24.1 Å². The quantitative estimate of drug-likeness (QED) is 0.502. The van der Waals surface area contributed by atoms with Gasteiger partial charge in [0.15, 0.2) is 0 Å². The first-order valence-corrected chi connectivity index (χ1v) is 11.0. The van der Waals surface area contributed by atoms with E-state index in [2.05, 4.69) is 38.6 Å². The maximum Gasteiger partial charge on any atom is 0.309 e. The lowest BCUT2D eigenvalue weighted by Gasteiger charge is -2.36. The van der Waals surface area contributed by atoms with Gasteiger partial charge in [-0.15, -0.1) is 0 Å². The summed E-state index contributed by atoms with van der Waals surface area (Å²) in [7, 11) is 1.67. The van der Waals surface area contributed by atoms with E-state index in [4.69, 9.17) is 4.74 Å². The van der Waals surface area contributed by atoms with Crippen LogP contribution in [-0.2, 0) is 9.59 Å². The Labute approximate surface area is 179 Å². The minimum atomic E-state index is -0.538. The van der Waals surface area contributed by atoms with Crippen molar-refractivity contribution in [2.24, 2.45) is 0 Å². The standard InChI is InChI=1S/C23H34N4O3/c1-30-21-9-7-20(8-10-21)27-17-15-26(16-18-27)14-13-25-23(29)22(28)24-12-11-19-5-3-2-4-6-19/h5,7-10H,2-4,6,11-18H2,1H3,(H,24,28)(H,25,29). The highest BCUT2D eigenvalue weighted by molar-refractivity contribution is 6.35. The van der Waals surface area contributed by atoms with E-state index in [0.29, 0.717) is 13.1 Å². The first-order valence-electron chi connectivity index (χ1n) is 11.0. The van der Waals surface area contributed by atoms with Crippen LogP contribution >= 0.6 is 0 Å². The molecule has 30 heavy (non-hydrogen) atoms. The van der Waals surface area contributed by atoms with Gasteiger partial charge < -0.3 is 20.3 Å². The Morgan fingerprint density at radius 1 is 0.967 bits per heavy atom. The SMILES string of the molecule is COc1ccc(N2CCN(CCNC(=O)C(=O)NCCC3=CCCCC3)CC2)cc1. The van der Waals surface area contributed by atoms with E-state index >= 15 is 0 Å². The van der Waals surface area contributed by atoms with Crippen LogP contribution in [0.5, 0.6) is 5.75 Å². The molecule has 164 valence electrons. The summed E-state index contributed by atoms with van der Waals surface area (Å²) in [6, 6.07) is 8.12. The number of amides is 2. The highest BCUT2D eigenvalue weighted by Crippen LogP contribution is 2.20. The second-order valence-corrected chi connectivity index (χ2v) is 7.90. The molecule has 1 fully saturated rings. The van der Waals surface area contributed by atoms with Crippen LogP contribution < -0.4 is 20.3 Å². The van der Waals surface area contributed by atoms with Crippen LogP contribution in [-0.4, -0.2) is 69.6 Å². The number of hydrogen-bond acceptors (Lipinski definition) is 5. The van der Waals surface area contributed by atoms with Crippen LogP contribution in [0.4, 0.5) is 5.69 Å². The lowest BCUT2D eigenvalue weighted by Crippen LogP contribution is -2.49. The van der Waals surface area contributed by atoms with E-state index in [1.807, 2.05) is 12.1 Å². The van der Waals surface area contributed by atoms with Crippen molar-refractivity contribution in [3.05, 3.63) is 35.9 Å². The number of methoxy groups -OCH3 is 1. The maximum atomic E-state index is 12.0. The number of hydrogen-bond donors (Lipinski definition) is 2. The Morgan fingerprint density at radius 2 is 1.67 bits per heavy atom. The molecule has 1 aromatic rings. The smallest absolute Gasteiger partial charge is 0.309 e. The molecule has 1 aliphatic heterocycles. The summed E-state index contributed by atoms with van der Waals surface area (Å²) in [5.41, 5.74) is 2.60. The fourth-order valence-electron chi connectivity index (χ4n) is 3.98. The van der Waals surface area contributed by atoms with Gasteiger partial charge in [0, 0.05) is 51.5 Å². The zero-order chi connectivity index (χ0) is 21.2. The molecule has 1 heterocycles. The molecule has 0 atom stereocenters. The molecule has 2 N–H and O–H groups in total. The largest absolute Gasteiger partial charge is 0.497 e. The fourth-order valence-corrected chi connectivity index (χ4v) is 3.98. The number of allylic oxidation sites excluding steroid dienone is 1. The van der Waals surface area contributed by atoms with Crippen LogP contribution in [0.2, 0.25) is 0 Å². The van der Waals surface area contributed by atoms with Crippen molar-refractivity contribution in [1.29, 1.82) is 0 Å². The molecule has 0 spiro atoms. The Bertz CT molecular complexity index is 724. The lowest BCUT2D eigenvalue weighted by atomic mass is 9.97. The second-order valence-electron chi connectivity index (χ2n) is 7.90. The molecule has 0 aromatic heterocycles. The van der Waals surface area contributed by atoms with E-state index in [9.17, 15) is 9.59 Å². The summed E-state index contributed by atoms with van der Waals surface area (Å²) < 4.78 is 5.21. The molecule has 7 nitrogen and oxygen atoms in total. The summed E-state index contributed by atoms with van der Waals surface area (Å²) in [6.07, 6.45) is 7.86. The molecule has 0 bridgehead atoms. The van der Waals surface area contributed by atoms with Gasteiger partial charge in [-0.1, -0.05) is 11.6 Å². The van der Waals surface area contributed by atoms with Gasteiger partial charge in [0.1, 0.15) is 5.75 Å². The Hall–Kier alpha value is -2.54. The summed E-state index contributed by atoms with van der Waals surface area (Å²) in [5, 5.41) is 5.47. The number of anilines is 1. The first kappa shape index (κ1) is 22.2. The molecule has 3 rings (SSSR count). The minimum absolute atomic E-state index is 0.486. The minimum Gasteiger partial charge on any atom is -0.497 e. The van der Waals surface area contributed by atoms with Gasteiger partial charge in [-0.2, -0.15) is 0 Å². The number of ether oxygens (including phenoxy) is 1. The summed E-state index contributed by atoms with van der Waals surface area (Å²) in [6.45, 7) is 5.52. The Morgan fingerprint density at radius 3 is 2.30 bits per heavy atom. The molecular weight excluding hydrogens is 380 g/mol. The molecule has 0 radical (unpaired) electrons. The zero-order valence-corrected chi connectivity index (χ0v) is 18.0. The van der Waals surface area contributed by atoms with Crippen LogP contribution in [0, 0.1) is 0 Å². The highest BCUT2D eigenvalue weighted by atomic mass is 16.5. The van der Waals surface area contributed by atoms with Crippen LogP contribution in [0.15, 0.2) is 35.9 Å². The van der Waals surface area contributed by atoms with Crippen molar-refractivity contribution < 1.29 is 14.3 Å². The van der Waals surface area contributed by atoms with Crippen molar-refractivity contribution in [2.75, 3.05) is 57.8 Å². The monoisotopic (exact) mass is 414 g/mol. The van der Waals surface area contributed by atoms with Crippen LogP contribution in [0.1, 0.15) is 32.1 Å². The first-order chi connectivity index (χ1) is 14.7. The number of piperazine rings is 1. The maximum absolute atomic E-state index is 12.0. The molecular formula is C23H34N4O3. The van der Waals surface area contributed by atoms with E-state index in [1.54, 1.807) is 7.11 Å². The van der Waals surface area contributed by atoms with Gasteiger partial charge in [0.2, 0.25) is 0 Å². The molecule has 1 aromatic carbocycles. The lowest BCUT2D eigenvalue weighted by molar-refractivity contribution is -0.139. The second kappa shape index (κ2) is 11.6. The van der Waals surface area contributed by atoms with Gasteiger partial charge in [-0.25, -0.2) is 0 Å². The number of nitrogens with zero attached hydrogens (tertiary/aromatic N) is 2. The van der Waals surface area contributed by atoms with Crippen LogP contribution in [0.3, 0.4) is 0 Å². The van der Waals surface area contributed by atoms with E-state index < -0.39 is 11.8 Å². The summed E-state index contributed by atoms with van der Waals surface area (Å²) >= 11 is 0. The number of carbonyl (C=O) groups is 2. The van der Waals surface area contributed by atoms with E-state index in [-0.39, 0.29) is 0 Å². The molecule has 2 aliphatic rings. The molecule has 2 amide bonds. The van der Waals surface area contributed by atoms with Gasteiger partial charge in [0.25, 0.3) is 0 Å². The Kier molecular flexibility index (Phi) is 8.56. The number of benzene rings is 1. The number of carbonyl (C=O) groups excluding carboxylic acids is 2. The van der Waals surface area contributed by atoms with Crippen molar-refractivity contribution >= 4 is 17.5 Å². The van der Waals surface area contributed by atoms with Crippen molar-refractivity contribution in [3.63, 3.8) is 0 Å². The van der Waals surface area contributed by atoms with Crippen molar-refractivity contribution in [3.8, 4) is 5.75 Å². The predicted molar refractivity (Wildman–Crippen MR) is 119 cm³/mol. The normalized spacial score (nSPS) is 17.2. The molecule has 7 heteroatoms. The third-order valence-electron chi connectivity index (χ3n) is 5.85. The average molecular weight is 415 g/mol. The zero-order valence-electron chi connectivity index (χ0n) is 18.0. The topological polar surface area (TPSA) is 73.9 Å². The third-order valence-corrected chi connectivity index (χ3v) is 5.85. The Balaban J connectivity index is 1.28. The average Bonchev–Trinajstić information content (AvgIpc) is 2.80. The number of nitrogens with one attached hydrogen (secondary N) is 2. The fraction of sp³-hybridized carbons (Fsp3) is 0.565. The number of rotatable bonds is 8. The van der Waals surface area contributed by atoms with Crippen LogP contribution in [0.25, 0.3) is 0 Å². The van der Waals surface area contributed by atoms with Gasteiger partial charge in [-0.3, -0.25) is 14.5 Å². The van der Waals surface area contributed by atoms with Gasteiger partial charge in [-0.05, 0) is 56.4 Å². The van der Waals surface area contributed by atoms with Crippen molar-refractivity contribution in [1.82, 2.24) is 15.5 Å². The van der Waals surface area contributed by atoms with Gasteiger partial charge in [0.05, 0.1) is 7.11 Å². The highest BCUT2D eigenvalue weighted by Gasteiger charge is 2.18. The predicted octanol–water partition coefficient (Wildman–Crippen LogP) is 1.94. The van der Waals surface area contributed by atoms with Crippen molar-refractivity contribution in [2.45, 2.75) is 32.1 Å². The van der Waals surface area contributed by atoms with E-state index in [0.717, 1.165) is 57.7 Å². The third kappa shape index (κ3) is 6.76. The molecule has 0 saturated carbocycles. The summed E-state index contributed by atoms with van der Waals surface area (Å²) in [5.74, 6) is -0.205. The summed E-state index contributed by atoms with van der Waals surface area (Å²) in [4.78, 5) is 28.6. The molecule has 0 unspecified atom stereocenters. The van der Waals surface area contributed by atoms with Gasteiger partial charge >= 0.3 is 11.8 Å². The molecule has 1 saturated heterocycles.